The summed E-state index contributed by atoms with van der Waals surface area (Å²) in [6.45, 7) is 2.99. The van der Waals surface area contributed by atoms with E-state index < -0.39 is 11.6 Å². The summed E-state index contributed by atoms with van der Waals surface area (Å²) in [6, 6.07) is 9.08. The van der Waals surface area contributed by atoms with Gasteiger partial charge in [-0.2, -0.15) is 0 Å². The quantitative estimate of drug-likeness (QED) is 0.583. The molecule has 0 unspecified atom stereocenters. The van der Waals surface area contributed by atoms with Crippen molar-refractivity contribution in [2.24, 2.45) is 5.92 Å². The fraction of sp³-hybridized carbons (Fsp3) is 0.500. The molecule has 4 rings (SSSR count). The standard InChI is InChI=1S/C18H22INO3/c19-10-4-9-18(22,15-5-2-1-3-6-15)17(21)23-16-13-20-11-7-14(16)8-12-20/h1-6,10,14,16,22H,7-9,11-13H2/b10-4+/t16-,18-/m0/s1/i19-2. The molecule has 3 aliphatic rings. The molecular formula is C18H22INO3. The summed E-state index contributed by atoms with van der Waals surface area (Å²) in [5, 5.41) is 11.0. The summed E-state index contributed by atoms with van der Waals surface area (Å²) >= 11 is 2.09. The Morgan fingerprint density at radius 1 is 1.35 bits per heavy atom. The second-order valence-corrected chi connectivity index (χ2v) is 7.09. The van der Waals surface area contributed by atoms with Crippen LogP contribution in [0.1, 0.15) is 24.8 Å². The van der Waals surface area contributed by atoms with Gasteiger partial charge in [-0.15, -0.1) is 0 Å². The second kappa shape index (κ2) is 7.32. The van der Waals surface area contributed by atoms with Crippen molar-refractivity contribution in [3.8, 4) is 0 Å². The van der Waals surface area contributed by atoms with Crippen LogP contribution >= 0.6 is 22.6 Å². The van der Waals surface area contributed by atoms with Crippen molar-refractivity contribution in [2.45, 2.75) is 31.0 Å². The number of piperidine rings is 3. The summed E-state index contributed by atoms with van der Waals surface area (Å²) in [5.74, 6) is -0.0963. The molecule has 5 heteroatoms. The zero-order chi connectivity index (χ0) is 16.3. The lowest BCUT2D eigenvalue weighted by molar-refractivity contribution is -0.181. The van der Waals surface area contributed by atoms with Crippen molar-refractivity contribution in [1.82, 2.24) is 4.90 Å². The van der Waals surface area contributed by atoms with Gasteiger partial charge in [-0.1, -0.05) is 59.0 Å². The molecule has 23 heavy (non-hydrogen) atoms. The number of fused-ring (bicyclic) bond motifs is 3. The minimum absolute atomic E-state index is 0.0937. The van der Waals surface area contributed by atoms with Crippen LogP contribution in [-0.4, -0.2) is 41.7 Å². The topological polar surface area (TPSA) is 49.8 Å². The van der Waals surface area contributed by atoms with Crippen molar-refractivity contribution in [2.75, 3.05) is 19.6 Å². The van der Waals surface area contributed by atoms with Crippen LogP contribution < -0.4 is 0 Å². The Kier molecular flexibility index (Phi) is 5.38. The van der Waals surface area contributed by atoms with Crippen LogP contribution in [0, 0.1) is 5.92 Å². The zero-order valence-corrected chi connectivity index (χ0v) is 15.2. The van der Waals surface area contributed by atoms with Crippen LogP contribution in [0.3, 0.4) is 0 Å². The maximum Gasteiger partial charge on any atom is 0.343 e. The van der Waals surface area contributed by atoms with E-state index in [-0.39, 0.29) is 12.5 Å². The van der Waals surface area contributed by atoms with Crippen LogP contribution in [0.5, 0.6) is 0 Å². The number of carbonyl (C=O) groups is 1. The molecule has 0 radical (unpaired) electrons. The molecule has 3 fully saturated rings. The van der Waals surface area contributed by atoms with Gasteiger partial charge < -0.3 is 9.84 Å². The lowest BCUT2D eigenvalue weighted by Gasteiger charge is -2.44. The van der Waals surface area contributed by atoms with Gasteiger partial charge >= 0.3 is 5.97 Å². The molecule has 0 amide bonds. The van der Waals surface area contributed by atoms with Crippen LogP contribution in [0.25, 0.3) is 0 Å². The van der Waals surface area contributed by atoms with Crippen molar-refractivity contribution in [3.05, 3.63) is 46.1 Å². The number of nitrogens with zero attached hydrogens (tertiary/aromatic N) is 1. The molecule has 2 atom stereocenters. The Balaban J connectivity index is 1.78. The Hall–Kier alpha value is -0.920. The fourth-order valence-electron chi connectivity index (χ4n) is 3.53. The largest absolute Gasteiger partial charge is 0.458 e. The number of esters is 1. The SMILES string of the molecule is O=C(O[C@H]1CN2CCC1CC2)[C@](O)(C/C=C/[125I])c1ccccc1. The molecule has 124 valence electrons. The molecule has 4 nitrogen and oxygen atoms in total. The minimum atomic E-state index is -1.62. The van der Waals surface area contributed by atoms with Crippen molar-refractivity contribution < 1.29 is 14.6 Å². The molecule has 1 aromatic rings. The number of hydrogen-bond donors (Lipinski definition) is 1. The van der Waals surface area contributed by atoms with E-state index in [2.05, 4.69) is 27.5 Å². The maximum atomic E-state index is 12.8. The van der Waals surface area contributed by atoms with E-state index in [0.29, 0.717) is 11.5 Å². The number of hydrogen-bond acceptors (Lipinski definition) is 4. The number of ether oxygens (including phenoxy) is 1. The smallest absolute Gasteiger partial charge is 0.343 e. The molecule has 3 saturated heterocycles. The Morgan fingerprint density at radius 2 is 2.04 bits per heavy atom. The molecule has 1 N–H and O–H groups in total. The molecule has 3 heterocycles. The molecule has 3 aliphatic heterocycles. The predicted octanol–water partition coefficient (Wildman–Crippen LogP) is 2.85. The normalized spacial score (nSPS) is 29.4. The van der Waals surface area contributed by atoms with Crippen molar-refractivity contribution >= 4 is 28.6 Å². The number of carbonyl (C=O) groups excluding carboxylic acids is 1. The van der Waals surface area contributed by atoms with E-state index >= 15 is 0 Å². The Bertz CT molecular complexity index is 569. The maximum absolute atomic E-state index is 12.8. The third kappa shape index (κ3) is 3.61. The number of rotatable bonds is 5. The summed E-state index contributed by atoms with van der Waals surface area (Å²) in [7, 11) is 0. The van der Waals surface area contributed by atoms with E-state index in [4.69, 9.17) is 4.74 Å². The molecule has 1 aromatic carbocycles. The van der Waals surface area contributed by atoms with Crippen molar-refractivity contribution in [3.63, 3.8) is 0 Å². The average Bonchev–Trinajstić information content (AvgIpc) is 2.61. The van der Waals surface area contributed by atoms with Crippen molar-refractivity contribution in [1.29, 1.82) is 0 Å². The van der Waals surface area contributed by atoms with Gasteiger partial charge in [-0.25, -0.2) is 4.79 Å². The first-order valence-corrected chi connectivity index (χ1v) is 9.34. The summed E-state index contributed by atoms with van der Waals surface area (Å²) < 4.78 is 7.59. The van der Waals surface area contributed by atoms with Gasteiger partial charge in [0.05, 0.1) is 0 Å². The van der Waals surface area contributed by atoms with E-state index in [9.17, 15) is 9.90 Å². The molecule has 0 spiro atoms. The van der Waals surface area contributed by atoms with Gasteiger partial charge in [0.1, 0.15) is 6.10 Å². The first kappa shape index (κ1) is 16.9. The lowest BCUT2D eigenvalue weighted by atomic mass is 9.85. The zero-order valence-electron chi connectivity index (χ0n) is 13.0. The highest BCUT2D eigenvalue weighted by molar-refractivity contribution is 14.1. The highest BCUT2D eigenvalue weighted by atomic mass is 125. The van der Waals surface area contributed by atoms with E-state index in [0.717, 1.165) is 32.5 Å². The summed E-state index contributed by atoms with van der Waals surface area (Å²) in [5.41, 5.74) is -1.03. The molecular weight excluding hydrogens is 403 g/mol. The summed E-state index contributed by atoms with van der Waals surface area (Å²) in [6.07, 6.45) is 4.08. The predicted molar refractivity (Wildman–Crippen MR) is 97.2 cm³/mol. The van der Waals surface area contributed by atoms with Gasteiger partial charge in [0.25, 0.3) is 0 Å². The first-order valence-electron chi connectivity index (χ1n) is 8.10. The second-order valence-electron chi connectivity index (χ2n) is 6.37. The fourth-order valence-corrected chi connectivity index (χ4v) is 3.78. The monoisotopic (exact) mass is 425 g/mol. The van der Waals surface area contributed by atoms with Crippen LogP contribution in [0.15, 0.2) is 40.5 Å². The van der Waals surface area contributed by atoms with E-state index in [1.165, 1.54) is 0 Å². The Labute approximate surface area is 150 Å². The minimum Gasteiger partial charge on any atom is -0.458 e. The number of benzene rings is 1. The third-order valence-electron chi connectivity index (χ3n) is 4.95. The molecule has 0 aromatic heterocycles. The third-order valence-corrected chi connectivity index (χ3v) is 5.45. The van der Waals surface area contributed by atoms with Gasteiger partial charge in [0, 0.05) is 13.0 Å². The van der Waals surface area contributed by atoms with Crippen LogP contribution in [0.4, 0.5) is 0 Å². The summed E-state index contributed by atoms with van der Waals surface area (Å²) in [4.78, 5) is 15.1. The van der Waals surface area contributed by atoms with Gasteiger partial charge in [0.2, 0.25) is 0 Å². The molecule has 0 aliphatic carbocycles. The van der Waals surface area contributed by atoms with E-state index in [1.54, 1.807) is 18.2 Å². The average molecular weight is 425 g/mol. The molecule has 2 bridgehead atoms. The van der Waals surface area contributed by atoms with Gasteiger partial charge in [0.15, 0.2) is 5.60 Å². The van der Waals surface area contributed by atoms with Crippen LogP contribution in [-0.2, 0) is 15.1 Å². The highest BCUT2D eigenvalue weighted by Gasteiger charge is 2.43. The van der Waals surface area contributed by atoms with E-state index in [1.807, 2.05) is 22.3 Å². The van der Waals surface area contributed by atoms with Gasteiger partial charge in [-0.05, 0) is 41.5 Å². The molecule has 0 saturated carbocycles. The first-order chi connectivity index (χ1) is 11.1. The van der Waals surface area contributed by atoms with Gasteiger partial charge in [-0.3, -0.25) is 4.90 Å². The van der Waals surface area contributed by atoms with Crippen LogP contribution in [0.2, 0.25) is 0 Å². The lowest BCUT2D eigenvalue weighted by Crippen LogP contribution is -2.53. The Morgan fingerprint density at radius 3 is 2.61 bits per heavy atom. The highest BCUT2D eigenvalue weighted by Crippen LogP contribution is 2.33. The number of aliphatic hydroxyl groups is 1. The number of halogens is 1.